The van der Waals surface area contributed by atoms with E-state index < -0.39 is 0 Å². The van der Waals surface area contributed by atoms with Gasteiger partial charge in [0.15, 0.2) is 0 Å². The second-order valence-corrected chi connectivity index (χ2v) is 19.5. The molecule has 3 heteroatoms. The number of rotatable bonds is 5. The highest BCUT2D eigenvalue weighted by Crippen LogP contribution is 2.51. The molecule has 10 aromatic carbocycles. The van der Waals surface area contributed by atoms with Gasteiger partial charge in [0.2, 0.25) is 6.71 Å². The zero-order chi connectivity index (χ0) is 44.8. The van der Waals surface area contributed by atoms with Crippen LogP contribution in [0, 0.1) is 0 Å². The fourth-order valence-electron chi connectivity index (χ4n) is 11.7. The second kappa shape index (κ2) is 15.4. The van der Waals surface area contributed by atoms with E-state index in [1.807, 2.05) is 0 Å². The largest absolute Gasteiger partial charge is 0.312 e. The number of hydrogen-bond acceptors (Lipinski definition) is 2. The molecule has 2 nitrogen and oxygen atoms in total. The smallest absolute Gasteiger partial charge is 0.247 e. The Bertz CT molecular complexity index is 3620. The Kier molecular flexibility index (Phi) is 9.05. The van der Waals surface area contributed by atoms with E-state index in [9.17, 15) is 0 Å². The van der Waals surface area contributed by atoms with Gasteiger partial charge in [-0.05, 0) is 149 Å². The van der Waals surface area contributed by atoms with E-state index in [0.717, 1.165) is 18.5 Å². The van der Waals surface area contributed by atoms with E-state index in [0.29, 0.717) is 0 Å². The Hall–Kier alpha value is -7.88. The maximum atomic E-state index is 2.58. The molecule has 2 aliphatic heterocycles. The molecule has 0 radical (unpaired) electrons. The number of allylic oxidation sites excluding steroid dienone is 3. The first-order chi connectivity index (χ1) is 32.9. The summed E-state index contributed by atoms with van der Waals surface area (Å²) < 4.78 is 0. The lowest BCUT2D eigenvalue weighted by molar-refractivity contribution is 0.590. The van der Waals surface area contributed by atoms with Gasteiger partial charge in [-0.2, -0.15) is 0 Å². The van der Waals surface area contributed by atoms with Crippen molar-refractivity contribution in [2.24, 2.45) is 0 Å². The summed E-state index contributed by atoms with van der Waals surface area (Å²) in [5, 5.41) is 7.50. The number of fused-ring (bicyclic) bond motifs is 6. The zero-order valence-electron chi connectivity index (χ0n) is 38.2. The number of nitrogens with zero attached hydrogens (tertiary/aromatic N) is 2. The Morgan fingerprint density at radius 3 is 1.55 bits per heavy atom. The Morgan fingerprint density at radius 2 is 0.940 bits per heavy atom. The fraction of sp³-hybridized carbons (Fsp3) is 0.0938. The first-order valence-electron chi connectivity index (χ1n) is 23.9. The van der Waals surface area contributed by atoms with E-state index in [-0.39, 0.29) is 12.1 Å². The van der Waals surface area contributed by atoms with Gasteiger partial charge in [0, 0.05) is 34.1 Å². The summed E-state index contributed by atoms with van der Waals surface area (Å²) in [5.74, 6) is 0. The molecule has 0 fully saturated rings. The molecular weight excluding hydrogens is 808 g/mol. The van der Waals surface area contributed by atoms with Crippen LogP contribution >= 0.6 is 0 Å². The van der Waals surface area contributed by atoms with Crippen molar-refractivity contribution < 1.29 is 0 Å². The predicted octanol–water partition coefficient (Wildman–Crippen LogP) is 16.1. The Morgan fingerprint density at radius 1 is 0.433 bits per heavy atom. The summed E-state index contributed by atoms with van der Waals surface area (Å²) in [7, 11) is 0. The average Bonchev–Trinajstić information content (AvgIpc) is 3.37. The minimum atomic E-state index is -0.0217. The normalized spacial score (nSPS) is 14.2. The Balaban J connectivity index is 1.14. The van der Waals surface area contributed by atoms with Crippen molar-refractivity contribution in [3.8, 4) is 33.4 Å². The van der Waals surface area contributed by atoms with Crippen LogP contribution in [-0.4, -0.2) is 6.71 Å². The molecule has 0 saturated heterocycles. The highest BCUT2D eigenvalue weighted by molar-refractivity contribution is 6.95. The average molecular weight is 857 g/mol. The third-order valence-electron chi connectivity index (χ3n) is 14.7. The molecule has 0 aromatic heterocycles. The molecule has 67 heavy (non-hydrogen) atoms. The molecule has 1 aliphatic carbocycles. The molecule has 0 amide bonds. The zero-order valence-corrected chi connectivity index (χ0v) is 38.2. The van der Waals surface area contributed by atoms with Crippen LogP contribution < -0.4 is 20.7 Å². The monoisotopic (exact) mass is 856 g/mol. The van der Waals surface area contributed by atoms with Crippen molar-refractivity contribution in [3.63, 3.8) is 0 Å². The third-order valence-corrected chi connectivity index (χ3v) is 14.7. The summed E-state index contributed by atoms with van der Waals surface area (Å²) in [5.41, 5.74) is 20.4. The summed E-state index contributed by atoms with van der Waals surface area (Å²) in [6, 6.07) is 77.3. The highest BCUT2D eigenvalue weighted by atomic mass is 15.2. The van der Waals surface area contributed by atoms with Crippen LogP contribution in [0.1, 0.15) is 39.2 Å². The molecule has 13 rings (SSSR count). The van der Waals surface area contributed by atoms with E-state index in [1.165, 1.54) is 116 Å². The lowest BCUT2D eigenvalue weighted by Gasteiger charge is -2.46. The molecule has 2 heterocycles. The number of benzene rings is 10. The topological polar surface area (TPSA) is 6.48 Å². The van der Waals surface area contributed by atoms with Gasteiger partial charge < -0.3 is 9.80 Å². The van der Waals surface area contributed by atoms with E-state index in [1.54, 1.807) is 0 Å². The standard InChI is InChI=1S/C64H49BN2/c1-64(2,3)44-35-38-56-58(41-44)67(46-25-11-6-12-26-46)60-40-43(39-59-63(60)65(56)55-33-19-20-34-57(55)66(59)45-23-9-5-10-24-45)61-50-29-15-17-31-52(50)62(53-32-18-16-30-51(53)61)54-37-36-47(42-21-7-4-8-22-42)48-27-13-14-28-49(48)54/h4-18,20-32,34-41H,19,33H2,1-3H3. The molecule has 10 aromatic rings. The minimum absolute atomic E-state index is 0.0217. The third kappa shape index (κ3) is 6.18. The minimum Gasteiger partial charge on any atom is -0.312 e. The van der Waals surface area contributed by atoms with E-state index in [2.05, 4.69) is 249 Å². The summed E-state index contributed by atoms with van der Waals surface area (Å²) in [6.07, 6.45) is 6.83. The van der Waals surface area contributed by atoms with Crippen molar-refractivity contribution in [3.05, 3.63) is 235 Å². The van der Waals surface area contributed by atoms with Gasteiger partial charge in [-0.1, -0.05) is 196 Å². The first-order valence-corrected chi connectivity index (χ1v) is 23.9. The van der Waals surface area contributed by atoms with Crippen LogP contribution in [0.15, 0.2) is 230 Å². The molecule has 3 aliphatic rings. The molecule has 318 valence electrons. The van der Waals surface area contributed by atoms with Crippen molar-refractivity contribution in [2.75, 3.05) is 9.80 Å². The molecular formula is C64H49BN2. The first kappa shape index (κ1) is 39.5. The Labute approximate surface area is 393 Å². The van der Waals surface area contributed by atoms with Crippen LogP contribution in [0.2, 0.25) is 0 Å². The quantitative estimate of drug-likeness (QED) is 0.126. The lowest BCUT2D eigenvalue weighted by Crippen LogP contribution is -2.56. The van der Waals surface area contributed by atoms with E-state index >= 15 is 0 Å². The number of anilines is 5. The molecule has 0 atom stereocenters. The lowest BCUT2D eigenvalue weighted by atomic mass is 9.32. The van der Waals surface area contributed by atoms with Crippen LogP contribution in [0.5, 0.6) is 0 Å². The predicted molar refractivity (Wildman–Crippen MR) is 288 cm³/mol. The summed E-state index contributed by atoms with van der Waals surface area (Å²) in [4.78, 5) is 5.15. The van der Waals surface area contributed by atoms with Crippen molar-refractivity contribution in [1.29, 1.82) is 0 Å². The van der Waals surface area contributed by atoms with E-state index in [4.69, 9.17) is 0 Å². The van der Waals surface area contributed by atoms with Crippen LogP contribution in [0.4, 0.5) is 28.4 Å². The SMILES string of the molecule is CC(C)(C)c1ccc2c(c1)N(c1ccccc1)c1cc(-c3c4ccccc4c(-c4ccc(-c5ccccc5)c5ccccc45)c4ccccc34)cc3c1B2C1=C(C=CCC1)N3c1ccccc1. The molecule has 0 unspecified atom stereocenters. The second-order valence-electron chi connectivity index (χ2n) is 19.5. The van der Waals surface area contributed by atoms with Crippen LogP contribution in [0.3, 0.4) is 0 Å². The molecule has 0 spiro atoms. The fourth-order valence-corrected chi connectivity index (χ4v) is 11.7. The van der Waals surface area contributed by atoms with Crippen LogP contribution in [-0.2, 0) is 5.41 Å². The van der Waals surface area contributed by atoms with Crippen molar-refractivity contribution in [1.82, 2.24) is 0 Å². The van der Waals surface area contributed by atoms with Crippen molar-refractivity contribution in [2.45, 2.75) is 39.0 Å². The molecule has 0 saturated carbocycles. The number of hydrogen-bond donors (Lipinski definition) is 0. The van der Waals surface area contributed by atoms with Crippen molar-refractivity contribution >= 4 is 78.4 Å². The van der Waals surface area contributed by atoms with Gasteiger partial charge in [-0.25, -0.2) is 0 Å². The maximum absolute atomic E-state index is 2.58. The van der Waals surface area contributed by atoms with Gasteiger partial charge in [0.1, 0.15) is 0 Å². The number of para-hydroxylation sites is 2. The van der Waals surface area contributed by atoms with Gasteiger partial charge in [0.25, 0.3) is 0 Å². The van der Waals surface area contributed by atoms with Gasteiger partial charge in [-0.15, -0.1) is 0 Å². The van der Waals surface area contributed by atoms with Crippen LogP contribution in [0.25, 0.3) is 65.7 Å². The molecule has 0 bridgehead atoms. The summed E-state index contributed by atoms with van der Waals surface area (Å²) >= 11 is 0. The summed E-state index contributed by atoms with van der Waals surface area (Å²) in [6.45, 7) is 7.12. The highest BCUT2D eigenvalue weighted by Gasteiger charge is 2.45. The van der Waals surface area contributed by atoms with Gasteiger partial charge >= 0.3 is 0 Å². The molecule has 0 N–H and O–H groups in total. The maximum Gasteiger partial charge on any atom is 0.247 e. The van der Waals surface area contributed by atoms with Gasteiger partial charge in [-0.3, -0.25) is 0 Å². The van der Waals surface area contributed by atoms with Gasteiger partial charge in [0.05, 0.1) is 0 Å².